The molecule has 3 rings (SSSR count). The van der Waals surface area contributed by atoms with Crippen molar-refractivity contribution in [2.45, 2.75) is 40.2 Å². The maximum absolute atomic E-state index is 12.8. The van der Waals surface area contributed by atoms with E-state index < -0.39 is 12.1 Å². The number of Topliss-reactive ketones (excluding diaryl/α,β-unsaturated/α-hetero) is 1. The van der Waals surface area contributed by atoms with Gasteiger partial charge in [-0.2, -0.15) is 0 Å². The Bertz CT molecular complexity index is 984. The Morgan fingerprint density at radius 3 is 2.50 bits per heavy atom. The van der Waals surface area contributed by atoms with Crippen molar-refractivity contribution in [3.8, 4) is 0 Å². The highest BCUT2D eigenvalue weighted by Crippen LogP contribution is 2.24. The van der Waals surface area contributed by atoms with Gasteiger partial charge in [-0.1, -0.05) is 36.4 Å². The Morgan fingerprint density at radius 2 is 1.77 bits per heavy atom. The molecule has 0 saturated carbocycles. The molecule has 0 saturated heterocycles. The summed E-state index contributed by atoms with van der Waals surface area (Å²) in [4.78, 5) is 28.3. The lowest BCUT2D eigenvalue weighted by molar-refractivity contribution is -0.145. The Morgan fingerprint density at radius 1 is 1.04 bits per heavy atom. The van der Waals surface area contributed by atoms with Gasteiger partial charge in [0.1, 0.15) is 0 Å². The van der Waals surface area contributed by atoms with Crippen molar-refractivity contribution in [1.29, 1.82) is 0 Å². The second-order valence-corrected chi connectivity index (χ2v) is 6.76. The predicted octanol–water partition coefficient (Wildman–Crippen LogP) is 4.45. The molecule has 1 heterocycles. The van der Waals surface area contributed by atoms with Gasteiger partial charge < -0.3 is 9.72 Å². The van der Waals surface area contributed by atoms with Crippen LogP contribution < -0.4 is 0 Å². The topological polar surface area (TPSA) is 59.2 Å². The van der Waals surface area contributed by atoms with Gasteiger partial charge in [0, 0.05) is 22.2 Å². The van der Waals surface area contributed by atoms with Gasteiger partial charge in [-0.15, -0.1) is 0 Å². The summed E-state index contributed by atoms with van der Waals surface area (Å²) >= 11 is 0. The molecule has 1 atom stereocenters. The Kier molecular flexibility index (Phi) is 4.94. The second kappa shape index (κ2) is 7.16. The Labute approximate surface area is 153 Å². The third kappa shape index (κ3) is 3.54. The zero-order valence-electron chi connectivity index (χ0n) is 15.6. The number of nitrogens with one attached hydrogen (secondary N) is 1. The number of fused-ring (bicyclic) bond motifs is 1. The molecule has 0 amide bonds. The van der Waals surface area contributed by atoms with E-state index >= 15 is 0 Å². The molecule has 1 N–H and O–H groups in total. The molecular weight excluding hydrogens is 326 g/mol. The highest BCUT2D eigenvalue weighted by molar-refractivity contribution is 6.11. The van der Waals surface area contributed by atoms with Crippen LogP contribution in [0, 0.1) is 20.8 Å². The average molecular weight is 349 g/mol. The number of rotatable bonds is 5. The molecule has 4 heteroatoms. The van der Waals surface area contributed by atoms with Gasteiger partial charge in [0.05, 0.1) is 6.42 Å². The summed E-state index contributed by atoms with van der Waals surface area (Å²) in [6, 6.07) is 13.5. The number of carbonyl (C=O) groups excluding carboxylic acids is 2. The zero-order chi connectivity index (χ0) is 18.8. The van der Waals surface area contributed by atoms with E-state index in [1.54, 1.807) is 6.92 Å². The van der Waals surface area contributed by atoms with E-state index in [-0.39, 0.29) is 12.2 Å². The van der Waals surface area contributed by atoms with Crippen LogP contribution >= 0.6 is 0 Å². The number of benzene rings is 2. The molecule has 0 fully saturated rings. The van der Waals surface area contributed by atoms with Crippen molar-refractivity contribution in [3.05, 3.63) is 70.4 Å². The van der Waals surface area contributed by atoms with Crippen molar-refractivity contribution < 1.29 is 14.3 Å². The average Bonchev–Trinajstić information content (AvgIpc) is 2.93. The first kappa shape index (κ1) is 17.9. The number of hydrogen-bond acceptors (Lipinski definition) is 3. The largest absolute Gasteiger partial charge is 0.454 e. The quantitative estimate of drug-likeness (QED) is 0.547. The van der Waals surface area contributed by atoms with Crippen molar-refractivity contribution >= 4 is 22.7 Å². The molecule has 26 heavy (non-hydrogen) atoms. The van der Waals surface area contributed by atoms with Gasteiger partial charge in [0.2, 0.25) is 5.78 Å². The maximum atomic E-state index is 12.8. The predicted molar refractivity (Wildman–Crippen MR) is 103 cm³/mol. The van der Waals surface area contributed by atoms with Crippen LogP contribution in [-0.2, 0) is 16.0 Å². The summed E-state index contributed by atoms with van der Waals surface area (Å²) in [5, 5.41) is 0.854. The van der Waals surface area contributed by atoms with E-state index in [1.165, 1.54) is 5.56 Å². The number of H-pyrrole nitrogens is 1. The fourth-order valence-electron chi connectivity index (χ4n) is 3.17. The van der Waals surface area contributed by atoms with E-state index in [2.05, 4.69) is 4.98 Å². The number of aromatic amines is 1. The van der Waals surface area contributed by atoms with Crippen molar-refractivity contribution in [3.63, 3.8) is 0 Å². The smallest absolute Gasteiger partial charge is 0.310 e. The van der Waals surface area contributed by atoms with Crippen LogP contribution in [0.25, 0.3) is 10.9 Å². The van der Waals surface area contributed by atoms with E-state index in [0.29, 0.717) is 5.56 Å². The van der Waals surface area contributed by atoms with Gasteiger partial charge in [0.15, 0.2) is 6.10 Å². The molecule has 0 aliphatic carbocycles. The molecule has 0 spiro atoms. The summed E-state index contributed by atoms with van der Waals surface area (Å²) in [5.41, 5.74) is 5.48. The maximum Gasteiger partial charge on any atom is 0.310 e. The van der Waals surface area contributed by atoms with Crippen LogP contribution in [0.5, 0.6) is 0 Å². The van der Waals surface area contributed by atoms with E-state index in [1.807, 2.05) is 63.2 Å². The standard InChI is InChI=1S/C22H23NO3/c1-13-9-10-17(11-14(13)2)12-20(24)26-16(4)22(25)21-15(3)23-19-8-6-5-7-18(19)21/h5-11,16,23H,12H2,1-4H3/t16-/m1/s1. The monoisotopic (exact) mass is 349 g/mol. The minimum absolute atomic E-state index is 0.158. The Hall–Kier alpha value is -2.88. The van der Waals surface area contributed by atoms with Crippen LogP contribution in [0.1, 0.15) is 39.7 Å². The number of ketones is 1. The third-order valence-corrected chi connectivity index (χ3v) is 4.74. The summed E-state index contributed by atoms with van der Waals surface area (Å²) in [5.74, 6) is -0.583. The first-order valence-electron chi connectivity index (χ1n) is 8.74. The van der Waals surface area contributed by atoms with Gasteiger partial charge in [-0.25, -0.2) is 0 Å². The first-order valence-corrected chi connectivity index (χ1v) is 8.74. The van der Waals surface area contributed by atoms with Crippen LogP contribution in [0.4, 0.5) is 0 Å². The molecule has 2 aromatic carbocycles. The summed E-state index contributed by atoms with van der Waals surface area (Å²) in [7, 11) is 0. The fourth-order valence-corrected chi connectivity index (χ4v) is 3.17. The van der Waals surface area contributed by atoms with Gasteiger partial charge in [-0.05, 0) is 50.5 Å². The van der Waals surface area contributed by atoms with Gasteiger partial charge >= 0.3 is 5.97 Å². The van der Waals surface area contributed by atoms with Crippen LogP contribution in [0.3, 0.4) is 0 Å². The van der Waals surface area contributed by atoms with Crippen molar-refractivity contribution in [2.75, 3.05) is 0 Å². The van der Waals surface area contributed by atoms with E-state index in [9.17, 15) is 9.59 Å². The van der Waals surface area contributed by atoms with Crippen LogP contribution in [0.15, 0.2) is 42.5 Å². The van der Waals surface area contributed by atoms with Gasteiger partial charge in [-0.3, -0.25) is 9.59 Å². The fraction of sp³-hybridized carbons (Fsp3) is 0.273. The molecular formula is C22H23NO3. The summed E-state index contributed by atoms with van der Waals surface area (Å²) in [6.07, 6.45) is -0.669. The normalized spacial score (nSPS) is 12.2. The number of aromatic nitrogens is 1. The molecule has 4 nitrogen and oxygen atoms in total. The second-order valence-electron chi connectivity index (χ2n) is 6.76. The highest BCUT2D eigenvalue weighted by Gasteiger charge is 2.24. The first-order chi connectivity index (χ1) is 12.4. The summed E-state index contributed by atoms with van der Waals surface area (Å²) < 4.78 is 5.41. The van der Waals surface area contributed by atoms with Crippen molar-refractivity contribution in [1.82, 2.24) is 4.98 Å². The van der Waals surface area contributed by atoms with E-state index in [0.717, 1.165) is 27.7 Å². The lowest BCUT2D eigenvalue weighted by Gasteiger charge is -2.13. The lowest BCUT2D eigenvalue weighted by Crippen LogP contribution is -2.25. The third-order valence-electron chi connectivity index (χ3n) is 4.74. The molecule has 3 aromatic rings. The molecule has 1 aromatic heterocycles. The number of ether oxygens (including phenoxy) is 1. The molecule has 0 bridgehead atoms. The SMILES string of the molecule is Cc1ccc(CC(=O)O[C@H](C)C(=O)c2c(C)[nH]c3ccccc23)cc1C. The number of hydrogen-bond donors (Lipinski definition) is 1. The number of carbonyl (C=O) groups is 2. The minimum Gasteiger partial charge on any atom is -0.454 e. The highest BCUT2D eigenvalue weighted by atomic mass is 16.5. The van der Waals surface area contributed by atoms with E-state index in [4.69, 9.17) is 4.74 Å². The molecule has 0 aliphatic rings. The summed E-state index contributed by atoms with van der Waals surface area (Å²) in [6.45, 7) is 7.52. The van der Waals surface area contributed by atoms with Crippen LogP contribution in [0.2, 0.25) is 0 Å². The molecule has 0 radical (unpaired) electrons. The van der Waals surface area contributed by atoms with Gasteiger partial charge in [0.25, 0.3) is 0 Å². The molecule has 0 aliphatic heterocycles. The number of para-hydroxylation sites is 1. The lowest BCUT2D eigenvalue weighted by atomic mass is 10.0. The number of esters is 1. The minimum atomic E-state index is -0.827. The van der Waals surface area contributed by atoms with Crippen LogP contribution in [-0.4, -0.2) is 22.8 Å². The molecule has 134 valence electrons. The number of aryl methyl sites for hydroxylation is 3. The zero-order valence-corrected chi connectivity index (χ0v) is 15.6. The Balaban J connectivity index is 1.73. The van der Waals surface area contributed by atoms with Crippen molar-refractivity contribution in [2.24, 2.45) is 0 Å². The molecule has 0 unspecified atom stereocenters.